The van der Waals surface area contributed by atoms with Gasteiger partial charge < -0.3 is 14.4 Å². The number of hydrogen-bond acceptors (Lipinski definition) is 3. The van der Waals surface area contributed by atoms with Gasteiger partial charge in [-0.3, -0.25) is 0 Å². The maximum atomic E-state index is 12.1. The molecule has 0 N–H and O–H groups in total. The third-order valence-corrected chi connectivity index (χ3v) is 5.01. The lowest BCUT2D eigenvalue weighted by molar-refractivity contribution is -0.0579. The van der Waals surface area contributed by atoms with Crippen molar-refractivity contribution in [3.8, 4) is 0 Å². The van der Waals surface area contributed by atoms with Crippen molar-refractivity contribution < 1.29 is 14.3 Å². The van der Waals surface area contributed by atoms with Crippen LogP contribution in [0.3, 0.4) is 0 Å². The second kappa shape index (κ2) is 8.38. The first-order valence-corrected chi connectivity index (χ1v) is 9.51. The Balaban J connectivity index is 1.87. The second-order valence-electron chi connectivity index (χ2n) is 4.63. The van der Waals surface area contributed by atoms with Gasteiger partial charge in [-0.1, -0.05) is 75.5 Å². The topological polar surface area (TPSA) is 38.8 Å². The van der Waals surface area contributed by atoms with Crippen LogP contribution in [0, 0.1) is 0 Å². The molecule has 6 heteroatoms. The monoisotopic (exact) mass is 501 g/mol. The maximum absolute atomic E-state index is 12.1. The van der Waals surface area contributed by atoms with Gasteiger partial charge in [0, 0.05) is 8.86 Å². The summed E-state index contributed by atoms with van der Waals surface area (Å²) in [4.78, 5) is 13.9. The molecule has 1 aliphatic heterocycles. The highest BCUT2D eigenvalue weighted by Gasteiger charge is 2.30. The summed E-state index contributed by atoms with van der Waals surface area (Å²) in [6.07, 6.45) is -0.0383. The van der Waals surface area contributed by atoms with E-state index in [1.165, 1.54) is 0 Å². The Labute approximate surface area is 146 Å². The third kappa shape index (κ3) is 4.73. The zero-order chi connectivity index (χ0) is 14.4. The van der Waals surface area contributed by atoms with Crippen LogP contribution < -0.4 is 0 Å². The summed E-state index contributed by atoms with van der Waals surface area (Å²) in [7, 11) is 0. The number of halogens is 2. The number of ether oxygens (including phenoxy) is 2. The van der Waals surface area contributed by atoms with Crippen molar-refractivity contribution in [2.75, 3.05) is 21.9 Å². The van der Waals surface area contributed by atoms with Crippen molar-refractivity contribution >= 4 is 51.3 Å². The summed E-state index contributed by atoms with van der Waals surface area (Å²) in [5.41, 5.74) is 1.00. The van der Waals surface area contributed by atoms with E-state index < -0.39 is 0 Å². The maximum Gasteiger partial charge on any atom is 0.410 e. The summed E-state index contributed by atoms with van der Waals surface area (Å²) in [5.74, 6) is 0. The summed E-state index contributed by atoms with van der Waals surface area (Å²) in [6, 6.07) is 9.73. The van der Waals surface area contributed by atoms with E-state index >= 15 is 0 Å². The first-order chi connectivity index (χ1) is 9.72. The summed E-state index contributed by atoms with van der Waals surface area (Å²) < 4.78 is 13.0. The number of amides is 1. The molecule has 1 amide bonds. The van der Waals surface area contributed by atoms with E-state index in [2.05, 4.69) is 45.2 Å². The molecule has 20 heavy (non-hydrogen) atoms. The van der Waals surface area contributed by atoms with Crippen molar-refractivity contribution in [3.63, 3.8) is 0 Å². The van der Waals surface area contributed by atoms with Crippen LogP contribution in [0.25, 0.3) is 0 Å². The number of carbonyl (C=O) groups excluding carboxylic acids is 1. The highest BCUT2D eigenvalue weighted by atomic mass is 127. The number of nitrogens with zero attached hydrogens (tertiary/aromatic N) is 1. The van der Waals surface area contributed by atoms with Crippen LogP contribution in [0.5, 0.6) is 0 Å². The van der Waals surface area contributed by atoms with Gasteiger partial charge in [0.1, 0.15) is 6.61 Å². The Hall–Kier alpha value is -0.0900. The Morgan fingerprint density at radius 1 is 1.20 bits per heavy atom. The Kier molecular flexibility index (Phi) is 6.82. The molecule has 110 valence electrons. The van der Waals surface area contributed by atoms with Gasteiger partial charge in [0.15, 0.2) is 0 Å². The molecule has 1 fully saturated rings. The summed E-state index contributed by atoms with van der Waals surface area (Å²) >= 11 is 4.58. The Bertz CT molecular complexity index is 418. The predicted octanol–water partition coefficient (Wildman–Crippen LogP) is 3.26. The fourth-order valence-corrected chi connectivity index (χ4v) is 3.03. The number of hydrogen-bond donors (Lipinski definition) is 0. The number of rotatable bonds is 4. The average Bonchev–Trinajstić information content (AvgIpc) is 2.52. The lowest BCUT2D eigenvalue weighted by Gasteiger charge is -2.36. The van der Waals surface area contributed by atoms with Gasteiger partial charge in [-0.2, -0.15) is 0 Å². The molecule has 0 aromatic heterocycles. The normalized spacial score (nSPS) is 22.6. The smallest absolute Gasteiger partial charge is 0.410 e. The molecule has 1 aromatic carbocycles. The number of alkyl halides is 2. The highest BCUT2D eigenvalue weighted by Crippen LogP contribution is 2.16. The van der Waals surface area contributed by atoms with Gasteiger partial charge >= 0.3 is 6.09 Å². The van der Waals surface area contributed by atoms with Crippen LogP contribution in [-0.2, 0) is 16.1 Å². The highest BCUT2D eigenvalue weighted by molar-refractivity contribution is 14.1. The van der Waals surface area contributed by atoms with E-state index in [0.29, 0.717) is 19.7 Å². The zero-order valence-corrected chi connectivity index (χ0v) is 15.3. The van der Waals surface area contributed by atoms with Gasteiger partial charge in [-0.15, -0.1) is 0 Å². The van der Waals surface area contributed by atoms with Crippen LogP contribution in [0.1, 0.15) is 5.56 Å². The average molecular weight is 501 g/mol. The van der Waals surface area contributed by atoms with Crippen LogP contribution in [-0.4, -0.2) is 45.1 Å². The molecule has 1 saturated heterocycles. The molecule has 0 radical (unpaired) electrons. The Morgan fingerprint density at radius 3 is 2.35 bits per heavy atom. The summed E-state index contributed by atoms with van der Waals surface area (Å²) in [6.45, 7) is 1.55. The van der Waals surface area contributed by atoms with Gasteiger partial charge in [-0.05, 0) is 5.56 Å². The largest absolute Gasteiger partial charge is 0.445 e. The van der Waals surface area contributed by atoms with E-state index in [1.807, 2.05) is 30.3 Å². The van der Waals surface area contributed by atoms with Gasteiger partial charge in [-0.25, -0.2) is 4.79 Å². The number of benzene rings is 1. The minimum Gasteiger partial charge on any atom is -0.445 e. The first-order valence-electron chi connectivity index (χ1n) is 6.46. The Morgan fingerprint density at radius 2 is 1.80 bits per heavy atom. The predicted molar refractivity (Wildman–Crippen MR) is 94.6 cm³/mol. The number of morpholine rings is 1. The molecule has 0 spiro atoms. The van der Waals surface area contributed by atoms with Gasteiger partial charge in [0.05, 0.1) is 25.3 Å². The molecule has 0 unspecified atom stereocenters. The van der Waals surface area contributed by atoms with Crippen LogP contribution in [0.2, 0.25) is 0 Å². The van der Waals surface area contributed by atoms with Crippen molar-refractivity contribution in [2.45, 2.75) is 18.8 Å². The van der Waals surface area contributed by atoms with E-state index in [4.69, 9.17) is 9.47 Å². The van der Waals surface area contributed by atoms with Crippen LogP contribution >= 0.6 is 45.2 Å². The standard InChI is InChI=1S/C14H17I2NO3/c15-6-12-8-17(9-13(7-16)20-12)14(18)19-10-11-4-2-1-3-5-11/h1-5,12-13H,6-10H2/t12-,13-/m1/s1. The van der Waals surface area contributed by atoms with Gasteiger partial charge in [0.25, 0.3) is 0 Å². The van der Waals surface area contributed by atoms with Gasteiger partial charge in [0.2, 0.25) is 0 Å². The minimum absolute atomic E-state index is 0.105. The molecule has 2 rings (SSSR count). The van der Waals surface area contributed by atoms with Crippen molar-refractivity contribution in [2.24, 2.45) is 0 Å². The third-order valence-electron chi connectivity index (χ3n) is 3.04. The van der Waals surface area contributed by atoms with Crippen molar-refractivity contribution in [1.82, 2.24) is 4.90 Å². The molecule has 0 bridgehead atoms. The van der Waals surface area contributed by atoms with Crippen molar-refractivity contribution in [3.05, 3.63) is 35.9 Å². The lowest BCUT2D eigenvalue weighted by atomic mass is 10.2. The molecule has 1 aliphatic rings. The quantitative estimate of drug-likeness (QED) is 0.470. The SMILES string of the molecule is O=C(OCc1ccccc1)N1C[C@@H](CI)O[C@H](CI)C1. The second-order valence-corrected chi connectivity index (χ2v) is 6.40. The van der Waals surface area contributed by atoms with E-state index in [1.54, 1.807) is 4.90 Å². The lowest BCUT2D eigenvalue weighted by Crippen LogP contribution is -2.51. The molecule has 1 heterocycles. The molecule has 1 aromatic rings. The van der Waals surface area contributed by atoms with E-state index in [9.17, 15) is 4.79 Å². The summed E-state index contributed by atoms with van der Waals surface area (Å²) in [5, 5.41) is 0. The molecule has 4 nitrogen and oxygen atoms in total. The van der Waals surface area contributed by atoms with Crippen LogP contribution in [0.4, 0.5) is 4.79 Å². The molecular formula is C14H17I2NO3. The first kappa shape index (κ1) is 16.3. The molecular weight excluding hydrogens is 484 g/mol. The van der Waals surface area contributed by atoms with Crippen molar-refractivity contribution in [1.29, 1.82) is 0 Å². The molecule has 0 aliphatic carbocycles. The molecule has 0 saturated carbocycles. The molecule has 2 atom stereocenters. The van der Waals surface area contributed by atoms with Crippen LogP contribution in [0.15, 0.2) is 30.3 Å². The zero-order valence-electron chi connectivity index (χ0n) is 11.0. The number of carbonyl (C=O) groups is 1. The van der Waals surface area contributed by atoms with E-state index in [-0.39, 0.29) is 18.3 Å². The minimum atomic E-state index is -0.248. The van der Waals surface area contributed by atoms with E-state index in [0.717, 1.165) is 14.4 Å². The fourth-order valence-electron chi connectivity index (χ4n) is 2.05. The fraction of sp³-hybridized carbons (Fsp3) is 0.500.